The van der Waals surface area contributed by atoms with E-state index in [0.29, 0.717) is 18.1 Å². The number of ether oxygens (including phenoxy) is 1. The largest absolute Gasteiger partial charge is 0.437 e. The van der Waals surface area contributed by atoms with Crippen LogP contribution in [0.25, 0.3) is 22.0 Å². The van der Waals surface area contributed by atoms with Crippen LogP contribution in [0.1, 0.15) is 11.3 Å². The Bertz CT molecular complexity index is 1440. The molecule has 0 aliphatic heterocycles. The fourth-order valence-electron chi connectivity index (χ4n) is 3.76. The van der Waals surface area contributed by atoms with Gasteiger partial charge in [-0.05, 0) is 42.8 Å². The van der Waals surface area contributed by atoms with Crippen molar-refractivity contribution in [1.29, 1.82) is 0 Å². The first-order valence-electron chi connectivity index (χ1n) is 10.5. The summed E-state index contributed by atoms with van der Waals surface area (Å²) in [6, 6.07) is 17.8. The molecular weight excluding hydrogens is 414 g/mol. The van der Waals surface area contributed by atoms with Crippen molar-refractivity contribution in [2.24, 2.45) is 7.05 Å². The lowest BCUT2D eigenvalue weighted by Crippen LogP contribution is -2.02. The first kappa shape index (κ1) is 20.4. The molecule has 0 unspecified atom stereocenters. The summed E-state index contributed by atoms with van der Waals surface area (Å²) in [5, 5.41) is 9.97. The predicted molar refractivity (Wildman–Crippen MR) is 129 cm³/mol. The van der Waals surface area contributed by atoms with Gasteiger partial charge in [-0.1, -0.05) is 24.3 Å². The standard InChI is InChI=1S/C25H23N7O/c1-16-8-9-18-19(5-3-7-21(18)29-15-17-11-14-32(2)31-17)23(16)33-24-20(6-4-12-27-24)22-10-13-28-25(26)30-22/h3-14,29H,15H2,1-2H3,(H2,26,28,30). The van der Waals surface area contributed by atoms with Gasteiger partial charge < -0.3 is 15.8 Å². The van der Waals surface area contributed by atoms with E-state index in [-0.39, 0.29) is 5.95 Å². The summed E-state index contributed by atoms with van der Waals surface area (Å²) in [7, 11) is 1.91. The minimum Gasteiger partial charge on any atom is -0.437 e. The molecule has 0 amide bonds. The first-order valence-corrected chi connectivity index (χ1v) is 10.5. The zero-order valence-corrected chi connectivity index (χ0v) is 18.4. The lowest BCUT2D eigenvalue weighted by Gasteiger charge is -2.16. The van der Waals surface area contributed by atoms with Gasteiger partial charge in [-0.3, -0.25) is 4.68 Å². The van der Waals surface area contributed by atoms with Crippen LogP contribution in [0, 0.1) is 6.92 Å². The zero-order chi connectivity index (χ0) is 22.8. The van der Waals surface area contributed by atoms with Crippen LogP contribution in [0.4, 0.5) is 11.6 Å². The Morgan fingerprint density at radius 2 is 1.88 bits per heavy atom. The number of benzene rings is 2. The van der Waals surface area contributed by atoms with Crippen LogP contribution in [-0.2, 0) is 13.6 Å². The number of fused-ring (bicyclic) bond motifs is 1. The molecule has 0 radical (unpaired) electrons. The molecule has 0 bridgehead atoms. The maximum Gasteiger partial charge on any atom is 0.228 e. The van der Waals surface area contributed by atoms with E-state index in [9.17, 15) is 0 Å². The smallest absolute Gasteiger partial charge is 0.228 e. The molecule has 2 aromatic carbocycles. The second kappa shape index (κ2) is 8.58. The van der Waals surface area contributed by atoms with Gasteiger partial charge in [-0.25, -0.2) is 15.0 Å². The summed E-state index contributed by atoms with van der Waals surface area (Å²) in [6.07, 6.45) is 5.26. The van der Waals surface area contributed by atoms with Crippen LogP contribution in [0.15, 0.2) is 73.2 Å². The lowest BCUT2D eigenvalue weighted by molar-refractivity contribution is 0.466. The zero-order valence-electron chi connectivity index (χ0n) is 18.4. The number of pyridine rings is 1. The van der Waals surface area contributed by atoms with Crippen LogP contribution in [0.3, 0.4) is 0 Å². The van der Waals surface area contributed by atoms with E-state index in [1.165, 1.54) is 0 Å². The third-order valence-electron chi connectivity index (χ3n) is 5.36. The van der Waals surface area contributed by atoms with E-state index in [1.807, 2.05) is 44.4 Å². The number of rotatable bonds is 6. The van der Waals surface area contributed by atoms with Gasteiger partial charge >= 0.3 is 0 Å². The van der Waals surface area contributed by atoms with Crippen molar-refractivity contribution in [2.45, 2.75) is 13.5 Å². The molecule has 0 aliphatic rings. The second-order valence-electron chi connectivity index (χ2n) is 7.70. The molecule has 0 atom stereocenters. The average molecular weight is 438 g/mol. The van der Waals surface area contributed by atoms with Crippen molar-refractivity contribution in [3.63, 3.8) is 0 Å². The van der Waals surface area contributed by atoms with Crippen molar-refractivity contribution in [2.75, 3.05) is 11.1 Å². The molecule has 5 rings (SSSR count). The second-order valence-corrected chi connectivity index (χ2v) is 7.70. The van der Waals surface area contributed by atoms with Gasteiger partial charge in [0.1, 0.15) is 5.75 Å². The van der Waals surface area contributed by atoms with Crippen LogP contribution in [0.5, 0.6) is 11.6 Å². The summed E-state index contributed by atoms with van der Waals surface area (Å²) < 4.78 is 8.21. The Morgan fingerprint density at radius 3 is 2.70 bits per heavy atom. The molecule has 0 fully saturated rings. The molecule has 33 heavy (non-hydrogen) atoms. The summed E-state index contributed by atoms with van der Waals surface area (Å²) in [6.45, 7) is 2.65. The number of nitrogens with two attached hydrogens (primary N) is 1. The SMILES string of the molecule is Cc1ccc2c(NCc3ccn(C)n3)cccc2c1Oc1ncccc1-c1ccnc(N)n1. The van der Waals surface area contributed by atoms with Gasteiger partial charge in [0, 0.05) is 42.1 Å². The Hall–Kier alpha value is -4.46. The third kappa shape index (κ3) is 4.18. The summed E-state index contributed by atoms with van der Waals surface area (Å²) in [5.41, 5.74) is 10.2. The topological polar surface area (TPSA) is 104 Å². The predicted octanol–water partition coefficient (Wildman–Crippen LogP) is 4.72. The van der Waals surface area contributed by atoms with Crippen LogP contribution < -0.4 is 15.8 Å². The lowest BCUT2D eigenvalue weighted by atomic mass is 10.0. The van der Waals surface area contributed by atoms with Gasteiger partial charge in [0.25, 0.3) is 0 Å². The van der Waals surface area contributed by atoms with Gasteiger partial charge in [0.05, 0.1) is 23.5 Å². The summed E-state index contributed by atoms with van der Waals surface area (Å²) in [4.78, 5) is 12.8. The number of hydrogen-bond acceptors (Lipinski definition) is 7. The molecule has 3 aromatic heterocycles. The number of anilines is 2. The molecule has 5 aromatic rings. The van der Waals surface area contributed by atoms with Crippen LogP contribution >= 0.6 is 0 Å². The molecule has 164 valence electrons. The van der Waals surface area contributed by atoms with E-state index >= 15 is 0 Å². The van der Waals surface area contributed by atoms with Crippen LogP contribution in [0.2, 0.25) is 0 Å². The Balaban J connectivity index is 1.52. The molecule has 8 nitrogen and oxygen atoms in total. The fourth-order valence-corrected chi connectivity index (χ4v) is 3.76. The van der Waals surface area contributed by atoms with E-state index < -0.39 is 0 Å². The van der Waals surface area contributed by atoms with E-state index in [0.717, 1.165) is 39.0 Å². The summed E-state index contributed by atoms with van der Waals surface area (Å²) in [5.74, 6) is 1.40. The van der Waals surface area contributed by atoms with E-state index in [4.69, 9.17) is 10.5 Å². The Kier molecular flexibility index (Phi) is 5.32. The number of nitrogen functional groups attached to an aromatic ring is 1. The Labute approximate surface area is 191 Å². The molecule has 3 N–H and O–H groups in total. The normalized spacial score (nSPS) is 11.0. The average Bonchev–Trinajstić information content (AvgIpc) is 3.25. The Morgan fingerprint density at radius 1 is 0.970 bits per heavy atom. The maximum atomic E-state index is 6.41. The van der Waals surface area contributed by atoms with Crippen LogP contribution in [-0.4, -0.2) is 24.7 Å². The maximum absolute atomic E-state index is 6.41. The van der Waals surface area contributed by atoms with Crippen molar-refractivity contribution in [1.82, 2.24) is 24.7 Å². The highest BCUT2D eigenvalue weighted by Gasteiger charge is 2.15. The van der Waals surface area contributed by atoms with Crippen molar-refractivity contribution in [3.05, 3.63) is 84.4 Å². The number of nitrogens with zero attached hydrogens (tertiary/aromatic N) is 5. The highest BCUT2D eigenvalue weighted by molar-refractivity contribution is 5.98. The molecular formula is C25H23N7O. The van der Waals surface area contributed by atoms with E-state index in [1.54, 1.807) is 23.1 Å². The summed E-state index contributed by atoms with van der Waals surface area (Å²) >= 11 is 0. The minimum absolute atomic E-state index is 0.201. The molecule has 3 heterocycles. The van der Waals surface area contributed by atoms with Gasteiger partial charge in [-0.2, -0.15) is 5.10 Å². The number of nitrogens with one attached hydrogen (secondary N) is 1. The number of hydrogen-bond donors (Lipinski definition) is 2. The first-order chi connectivity index (χ1) is 16.1. The molecule has 0 aliphatic carbocycles. The van der Waals surface area contributed by atoms with Crippen molar-refractivity contribution in [3.8, 4) is 22.9 Å². The fraction of sp³-hybridized carbons (Fsp3) is 0.120. The monoisotopic (exact) mass is 437 g/mol. The van der Waals surface area contributed by atoms with Gasteiger partial charge in [-0.15, -0.1) is 0 Å². The number of aromatic nitrogens is 5. The molecule has 8 heteroatoms. The quantitative estimate of drug-likeness (QED) is 0.396. The molecule has 0 saturated heterocycles. The highest BCUT2D eigenvalue weighted by Crippen LogP contribution is 2.38. The number of aryl methyl sites for hydroxylation is 2. The van der Waals surface area contributed by atoms with Crippen molar-refractivity contribution < 1.29 is 4.74 Å². The van der Waals surface area contributed by atoms with E-state index in [2.05, 4.69) is 49.6 Å². The highest BCUT2D eigenvalue weighted by atomic mass is 16.5. The van der Waals surface area contributed by atoms with Gasteiger partial charge in [0.15, 0.2) is 0 Å². The molecule has 0 saturated carbocycles. The van der Waals surface area contributed by atoms with Crippen molar-refractivity contribution >= 4 is 22.4 Å². The van der Waals surface area contributed by atoms with Gasteiger partial charge in [0.2, 0.25) is 11.8 Å². The molecule has 0 spiro atoms. The minimum atomic E-state index is 0.201. The third-order valence-corrected chi connectivity index (χ3v) is 5.36.